The zero-order valence-corrected chi connectivity index (χ0v) is 8.14. The summed E-state index contributed by atoms with van der Waals surface area (Å²) in [7, 11) is 0. The Balaban J connectivity index is 2.04. The molecule has 1 aromatic rings. The summed E-state index contributed by atoms with van der Waals surface area (Å²) in [5.41, 5.74) is 6.42. The number of ether oxygens (including phenoxy) is 2. The van der Waals surface area contributed by atoms with Crippen molar-refractivity contribution in [3.63, 3.8) is 0 Å². The van der Waals surface area contributed by atoms with E-state index in [1.807, 2.05) is 12.1 Å². The van der Waals surface area contributed by atoms with Crippen LogP contribution in [0, 0.1) is 0 Å². The Morgan fingerprint density at radius 3 is 3.27 bits per heavy atom. The Kier molecular flexibility index (Phi) is 2.62. The Morgan fingerprint density at radius 2 is 2.47 bits per heavy atom. The van der Waals surface area contributed by atoms with Gasteiger partial charge >= 0.3 is 0 Å². The molecule has 1 aliphatic heterocycles. The van der Waals surface area contributed by atoms with Gasteiger partial charge in [0.05, 0.1) is 6.61 Å². The van der Waals surface area contributed by atoms with Gasteiger partial charge in [0.2, 0.25) is 0 Å². The molecule has 0 atom stereocenters. The van der Waals surface area contributed by atoms with Crippen molar-refractivity contribution in [1.82, 2.24) is 0 Å². The molecule has 5 nitrogen and oxygen atoms in total. The molecule has 5 heteroatoms. The molecule has 0 radical (unpaired) electrons. The van der Waals surface area contributed by atoms with Gasteiger partial charge in [-0.1, -0.05) is 5.16 Å². The molecule has 0 saturated heterocycles. The summed E-state index contributed by atoms with van der Waals surface area (Å²) in [6.45, 7) is 0.801. The average Bonchev–Trinajstić information content (AvgIpc) is 2.72. The third kappa shape index (κ3) is 2.12. The third-order valence-corrected chi connectivity index (χ3v) is 2.18. The molecule has 1 heterocycles. The molecule has 80 valence electrons. The van der Waals surface area contributed by atoms with Crippen LogP contribution in [-0.2, 0) is 6.42 Å². The molecule has 0 bridgehead atoms. The van der Waals surface area contributed by atoms with Crippen molar-refractivity contribution < 1.29 is 14.7 Å². The van der Waals surface area contributed by atoms with Crippen LogP contribution >= 0.6 is 0 Å². The highest BCUT2D eigenvalue weighted by Gasteiger charge is 2.12. The fourth-order valence-corrected chi connectivity index (χ4v) is 1.44. The number of amidine groups is 1. The fraction of sp³-hybridized carbons (Fsp3) is 0.300. The zero-order valence-electron chi connectivity index (χ0n) is 8.14. The first-order chi connectivity index (χ1) is 7.29. The Labute approximate surface area is 87.1 Å². The highest BCUT2D eigenvalue weighted by atomic mass is 16.5. The van der Waals surface area contributed by atoms with Crippen LogP contribution in [0.2, 0.25) is 0 Å². The first-order valence-electron chi connectivity index (χ1n) is 4.64. The largest absolute Gasteiger partial charge is 0.493 e. The minimum absolute atomic E-state index is 0.0479. The maximum atomic E-state index is 8.33. The van der Waals surface area contributed by atoms with Gasteiger partial charge in [-0.25, -0.2) is 0 Å². The molecule has 3 N–H and O–H groups in total. The number of hydrogen-bond donors (Lipinski definition) is 2. The lowest BCUT2D eigenvalue weighted by molar-refractivity contribution is 0.306. The van der Waals surface area contributed by atoms with Crippen molar-refractivity contribution in [3.05, 3.63) is 23.8 Å². The van der Waals surface area contributed by atoms with Gasteiger partial charge in [-0.3, -0.25) is 0 Å². The van der Waals surface area contributed by atoms with Crippen LogP contribution in [0.3, 0.4) is 0 Å². The molecule has 1 aromatic carbocycles. The predicted molar refractivity (Wildman–Crippen MR) is 54.5 cm³/mol. The summed E-state index contributed by atoms with van der Waals surface area (Å²) in [5, 5.41) is 11.2. The topological polar surface area (TPSA) is 77.1 Å². The average molecular weight is 208 g/mol. The summed E-state index contributed by atoms with van der Waals surface area (Å²) in [6, 6.07) is 5.58. The molecule has 1 aliphatic rings. The van der Waals surface area contributed by atoms with Crippen LogP contribution in [0.15, 0.2) is 23.4 Å². The number of hydrogen-bond acceptors (Lipinski definition) is 4. The van der Waals surface area contributed by atoms with Crippen molar-refractivity contribution in [2.75, 3.05) is 13.2 Å². The minimum Gasteiger partial charge on any atom is -0.493 e. The number of rotatable bonds is 3. The monoisotopic (exact) mass is 208 g/mol. The van der Waals surface area contributed by atoms with E-state index in [1.165, 1.54) is 0 Å². The number of nitrogens with zero attached hydrogens (tertiary/aromatic N) is 1. The van der Waals surface area contributed by atoms with Gasteiger partial charge in [0, 0.05) is 12.0 Å². The standard InChI is InChI=1S/C10H12N2O3/c11-10(12-13)6-15-8-1-2-9-7(5-8)3-4-14-9/h1-2,5,13H,3-4,6H2,(H2,11,12). The summed E-state index contributed by atoms with van der Waals surface area (Å²) >= 11 is 0. The van der Waals surface area contributed by atoms with E-state index in [-0.39, 0.29) is 12.4 Å². The van der Waals surface area contributed by atoms with Gasteiger partial charge in [0.25, 0.3) is 0 Å². The Morgan fingerprint density at radius 1 is 1.60 bits per heavy atom. The molecule has 0 amide bonds. The molecule has 0 aromatic heterocycles. The van der Waals surface area contributed by atoms with E-state index in [4.69, 9.17) is 20.4 Å². The highest BCUT2D eigenvalue weighted by molar-refractivity contribution is 5.81. The number of oxime groups is 1. The highest BCUT2D eigenvalue weighted by Crippen LogP contribution is 2.28. The van der Waals surface area contributed by atoms with Gasteiger partial charge in [0.15, 0.2) is 5.84 Å². The Bertz CT molecular complexity index is 390. The van der Waals surface area contributed by atoms with Crippen molar-refractivity contribution in [1.29, 1.82) is 0 Å². The van der Waals surface area contributed by atoms with E-state index in [9.17, 15) is 0 Å². The lowest BCUT2D eigenvalue weighted by Gasteiger charge is -2.06. The molecule has 0 unspecified atom stereocenters. The second-order valence-corrected chi connectivity index (χ2v) is 3.25. The van der Waals surface area contributed by atoms with Crippen LogP contribution in [0.1, 0.15) is 5.56 Å². The first kappa shape index (κ1) is 9.64. The number of nitrogens with two attached hydrogens (primary N) is 1. The summed E-state index contributed by atoms with van der Waals surface area (Å²) < 4.78 is 10.7. The predicted octanol–water partition coefficient (Wildman–Crippen LogP) is 0.747. The lowest BCUT2D eigenvalue weighted by Crippen LogP contribution is -2.20. The van der Waals surface area contributed by atoms with Gasteiger partial charge in [0.1, 0.15) is 18.1 Å². The van der Waals surface area contributed by atoms with Crippen LogP contribution in [-0.4, -0.2) is 24.3 Å². The van der Waals surface area contributed by atoms with E-state index >= 15 is 0 Å². The molecular formula is C10H12N2O3. The van der Waals surface area contributed by atoms with Crippen LogP contribution in [0.5, 0.6) is 11.5 Å². The maximum absolute atomic E-state index is 8.33. The number of benzene rings is 1. The SMILES string of the molecule is N/C(COc1ccc2c(c1)CCO2)=N\O. The second kappa shape index (κ2) is 4.08. The van der Waals surface area contributed by atoms with Crippen LogP contribution in [0.25, 0.3) is 0 Å². The van der Waals surface area contributed by atoms with Gasteiger partial charge in [-0.15, -0.1) is 0 Å². The summed E-state index contributed by atoms with van der Waals surface area (Å²) in [4.78, 5) is 0. The van der Waals surface area contributed by atoms with E-state index in [2.05, 4.69) is 5.16 Å². The van der Waals surface area contributed by atoms with Crippen molar-refractivity contribution in [3.8, 4) is 11.5 Å². The van der Waals surface area contributed by atoms with Crippen molar-refractivity contribution in [2.45, 2.75) is 6.42 Å². The molecule has 0 saturated carbocycles. The van der Waals surface area contributed by atoms with E-state index < -0.39 is 0 Å². The number of fused-ring (bicyclic) bond motifs is 1. The Hall–Kier alpha value is -1.91. The normalized spacial score (nSPS) is 14.5. The molecule has 0 fully saturated rings. The quantitative estimate of drug-likeness (QED) is 0.332. The van der Waals surface area contributed by atoms with Crippen LogP contribution < -0.4 is 15.2 Å². The third-order valence-electron chi connectivity index (χ3n) is 2.18. The first-order valence-corrected chi connectivity index (χ1v) is 4.64. The van der Waals surface area contributed by atoms with E-state index in [0.717, 1.165) is 24.3 Å². The zero-order chi connectivity index (χ0) is 10.7. The van der Waals surface area contributed by atoms with Gasteiger partial charge in [-0.2, -0.15) is 0 Å². The van der Waals surface area contributed by atoms with E-state index in [0.29, 0.717) is 5.75 Å². The summed E-state index contributed by atoms with van der Waals surface area (Å²) in [5.74, 6) is 1.66. The fourth-order valence-electron chi connectivity index (χ4n) is 1.44. The van der Waals surface area contributed by atoms with Crippen LogP contribution in [0.4, 0.5) is 0 Å². The molecule has 2 rings (SSSR count). The second-order valence-electron chi connectivity index (χ2n) is 3.25. The van der Waals surface area contributed by atoms with Crippen molar-refractivity contribution in [2.24, 2.45) is 10.9 Å². The maximum Gasteiger partial charge on any atom is 0.177 e. The summed E-state index contributed by atoms with van der Waals surface area (Å²) in [6.07, 6.45) is 0.899. The van der Waals surface area contributed by atoms with Gasteiger partial charge < -0.3 is 20.4 Å². The molecule has 15 heavy (non-hydrogen) atoms. The molecule has 0 spiro atoms. The minimum atomic E-state index is 0.0479. The van der Waals surface area contributed by atoms with Gasteiger partial charge in [-0.05, 0) is 18.2 Å². The molecular weight excluding hydrogens is 196 g/mol. The van der Waals surface area contributed by atoms with Crippen molar-refractivity contribution >= 4 is 5.84 Å². The molecule has 0 aliphatic carbocycles. The smallest absolute Gasteiger partial charge is 0.177 e. The van der Waals surface area contributed by atoms with E-state index in [1.54, 1.807) is 6.07 Å². The lowest BCUT2D eigenvalue weighted by atomic mass is 10.2.